The van der Waals surface area contributed by atoms with Crippen LogP contribution < -0.4 is 0 Å². The highest BCUT2D eigenvalue weighted by molar-refractivity contribution is 5.50. The van der Waals surface area contributed by atoms with Gasteiger partial charge in [0.25, 0.3) is 0 Å². The Morgan fingerprint density at radius 1 is 0.724 bits per heavy atom. The monoisotopic (exact) mass is 388 g/mol. The summed E-state index contributed by atoms with van der Waals surface area (Å²) in [7, 11) is 0. The summed E-state index contributed by atoms with van der Waals surface area (Å²) in [6.45, 7) is 19.5. The molecule has 0 spiro atoms. The fourth-order valence-corrected chi connectivity index (χ4v) is 3.65. The molecule has 0 aliphatic rings. The summed E-state index contributed by atoms with van der Waals surface area (Å²) in [5, 5.41) is 21.2. The highest BCUT2D eigenvalue weighted by Gasteiger charge is 2.13. The summed E-state index contributed by atoms with van der Waals surface area (Å²) >= 11 is 0. The van der Waals surface area contributed by atoms with Crippen molar-refractivity contribution >= 4 is 0 Å². The average Bonchev–Trinajstić information content (AvgIpc) is 2.62. The molecule has 2 N–H and O–H groups in total. The molecule has 0 fully saturated rings. The van der Waals surface area contributed by atoms with Crippen LogP contribution in [-0.2, 0) is 32.1 Å². The van der Waals surface area contributed by atoms with Gasteiger partial charge in [-0.25, -0.2) is 0 Å². The molecule has 0 atom stereocenters. The molecule has 2 heteroatoms. The quantitative estimate of drug-likeness (QED) is 0.463. The van der Waals surface area contributed by atoms with Crippen LogP contribution in [0.4, 0.5) is 0 Å². The van der Waals surface area contributed by atoms with E-state index in [1.165, 1.54) is 0 Å². The first-order valence-electron chi connectivity index (χ1n) is 9.93. The minimum Gasteiger partial charge on any atom is -0.507 e. The summed E-state index contributed by atoms with van der Waals surface area (Å²) in [4.78, 5) is 0. The molecule has 0 saturated heterocycles. The van der Waals surface area contributed by atoms with E-state index in [0.717, 1.165) is 44.5 Å². The lowest BCUT2D eigenvalue weighted by molar-refractivity contribution is 0.463. The number of phenolic OH excluding ortho intramolecular Hbond substituents is 2. The average molecular weight is 389 g/mol. The van der Waals surface area contributed by atoms with Crippen molar-refractivity contribution in [2.24, 2.45) is 0 Å². The largest absolute Gasteiger partial charge is 0.507 e. The van der Waals surface area contributed by atoms with Crippen LogP contribution >= 0.6 is 0 Å². The van der Waals surface area contributed by atoms with Gasteiger partial charge in [0.15, 0.2) is 0 Å². The van der Waals surface area contributed by atoms with E-state index in [1.807, 2.05) is 26.0 Å². The predicted octanol–water partition coefficient (Wildman–Crippen LogP) is 6.38. The van der Waals surface area contributed by atoms with E-state index in [4.69, 9.17) is 0 Å². The van der Waals surface area contributed by atoms with Crippen molar-refractivity contribution < 1.29 is 10.2 Å². The standard InChI is InChI=1S/C27H32O2/c1-7-9-22-14-20(16-24(26(22)28)11-18(3)4)13-21-15-23(10-8-2)27(29)25(17-21)12-19(5)6/h7-8,14-17,28-29H,1-3,5,9-13H2,4,6H3. The molecule has 0 saturated carbocycles. The van der Waals surface area contributed by atoms with E-state index >= 15 is 0 Å². The third-order valence-electron chi connectivity index (χ3n) is 4.78. The molecule has 0 amide bonds. The maximum absolute atomic E-state index is 10.6. The summed E-state index contributed by atoms with van der Waals surface area (Å²) < 4.78 is 0. The van der Waals surface area contributed by atoms with Crippen molar-refractivity contribution in [2.75, 3.05) is 0 Å². The van der Waals surface area contributed by atoms with Crippen LogP contribution in [-0.4, -0.2) is 10.2 Å². The summed E-state index contributed by atoms with van der Waals surface area (Å²) in [5.74, 6) is 0.662. The normalized spacial score (nSPS) is 10.6. The predicted molar refractivity (Wildman–Crippen MR) is 124 cm³/mol. The molecule has 0 bridgehead atoms. The number of rotatable bonds is 10. The van der Waals surface area contributed by atoms with Gasteiger partial charge in [0.1, 0.15) is 11.5 Å². The Morgan fingerprint density at radius 3 is 1.38 bits per heavy atom. The molecule has 2 rings (SSSR count). The lowest BCUT2D eigenvalue weighted by Crippen LogP contribution is -2.00. The third kappa shape index (κ3) is 5.99. The van der Waals surface area contributed by atoms with Crippen LogP contribution in [0.3, 0.4) is 0 Å². The maximum atomic E-state index is 10.6. The Labute approximate surface area is 175 Å². The van der Waals surface area contributed by atoms with Gasteiger partial charge in [0.05, 0.1) is 0 Å². The highest BCUT2D eigenvalue weighted by Crippen LogP contribution is 2.31. The molecule has 0 aromatic heterocycles. The lowest BCUT2D eigenvalue weighted by atomic mass is 9.92. The van der Waals surface area contributed by atoms with Gasteiger partial charge in [-0.3, -0.25) is 0 Å². The first-order valence-corrected chi connectivity index (χ1v) is 9.93. The fourth-order valence-electron chi connectivity index (χ4n) is 3.65. The van der Waals surface area contributed by atoms with Crippen molar-refractivity contribution in [3.8, 4) is 11.5 Å². The number of allylic oxidation sites excluding steroid dienone is 4. The van der Waals surface area contributed by atoms with Gasteiger partial charge in [-0.05, 0) is 79.3 Å². The minimum absolute atomic E-state index is 0.331. The van der Waals surface area contributed by atoms with Gasteiger partial charge in [0, 0.05) is 0 Å². The van der Waals surface area contributed by atoms with Crippen LogP contribution in [0.2, 0.25) is 0 Å². The third-order valence-corrected chi connectivity index (χ3v) is 4.78. The van der Waals surface area contributed by atoms with Crippen molar-refractivity contribution in [1.82, 2.24) is 0 Å². The zero-order valence-electron chi connectivity index (χ0n) is 17.7. The summed E-state index contributed by atoms with van der Waals surface area (Å²) in [5.41, 5.74) is 7.77. The Kier molecular flexibility index (Phi) is 7.67. The van der Waals surface area contributed by atoms with E-state index < -0.39 is 0 Å². The number of aromatic hydroxyl groups is 2. The molecular formula is C27H32O2. The molecule has 29 heavy (non-hydrogen) atoms. The second-order valence-corrected chi connectivity index (χ2v) is 7.96. The van der Waals surface area contributed by atoms with Crippen LogP contribution in [0.15, 0.2) is 73.9 Å². The number of benzene rings is 2. The van der Waals surface area contributed by atoms with Gasteiger partial charge >= 0.3 is 0 Å². The van der Waals surface area contributed by atoms with Crippen molar-refractivity contribution in [1.29, 1.82) is 0 Å². The number of phenols is 2. The van der Waals surface area contributed by atoms with E-state index in [2.05, 4.69) is 38.4 Å². The maximum Gasteiger partial charge on any atom is 0.122 e. The smallest absolute Gasteiger partial charge is 0.122 e. The SMILES string of the molecule is C=CCc1cc(Cc2cc(CC=C)c(O)c(CC(=C)C)c2)cc(CC(=C)C)c1O. The molecule has 0 aliphatic carbocycles. The topological polar surface area (TPSA) is 40.5 Å². The Morgan fingerprint density at radius 2 is 1.07 bits per heavy atom. The summed E-state index contributed by atoms with van der Waals surface area (Å²) in [6, 6.07) is 8.18. The van der Waals surface area contributed by atoms with Gasteiger partial charge in [-0.1, -0.05) is 60.7 Å². The molecule has 0 heterocycles. The molecule has 2 nitrogen and oxygen atoms in total. The molecule has 2 aromatic rings. The first kappa shape index (κ1) is 22.3. The van der Waals surface area contributed by atoms with Crippen LogP contribution in [0, 0.1) is 0 Å². The lowest BCUT2D eigenvalue weighted by Gasteiger charge is -2.15. The van der Waals surface area contributed by atoms with Crippen LogP contribution in [0.5, 0.6) is 11.5 Å². The molecule has 0 radical (unpaired) electrons. The molecule has 152 valence electrons. The van der Waals surface area contributed by atoms with Gasteiger partial charge < -0.3 is 10.2 Å². The zero-order valence-corrected chi connectivity index (χ0v) is 17.7. The van der Waals surface area contributed by atoms with Crippen molar-refractivity contribution in [2.45, 2.75) is 46.0 Å². The zero-order chi connectivity index (χ0) is 21.6. The number of hydrogen-bond donors (Lipinski definition) is 2. The highest BCUT2D eigenvalue weighted by atomic mass is 16.3. The Hall–Kier alpha value is -3.00. The van der Waals surface area contributed by atoms with E-state index in [9.17, 15) is 10.2 Å². The van der Waals surface area contributed by atoms with E-state index in [1.54, 1.807) is 12.2 Å². The minimum atomic E-state index is 0.331. The van der Waals surface area contributed by atoms with Crippen LogP contribution in [0.25, 0.3) is 0 Å². The molecule has 0 unspecified atom stereocenters. The van der Waals surface area contributed by atoms with Crippen molar-refractivity contribution in [3.05, 3.63) is 107 Å². The van der Waals surface area contributed by atoms with E-state index in [0.29, 0.717) is 43.6 Å². The second kappa shape index (κ2) is 9.97. The fraction of sp³-hybridized carbons (Fsp3) is 0.259. The molecule has 0 aliphatic heterocycles. The molecule has 2 aromatic carbocycles. The summed E-state index contributed by atoms with van der Waals surface area (Å²) in [6.07, 6.45) is 6.82. The van der Waals surface area contributed by atoms with Gasteiger partial charge in [0.2, 0.25) is 0 Å². The Bertz CT molecular complexity index is 870. The van der Waals surface area contributed by atoms with Gasteiger partial charge in [-0.2, -0.15) is 0 Å². The van der Waals surface area contributed by atoms with Gasteiger partial charge in [-0.15, -0.1) is 13.2 Å². The Balaban J connectivity index is 2.51. The second-order valence-electron chi connectivity index (χ2n) is 7.96. The van der Waals surface area contributed by atoms with E-state index in [-0.39, 0.29) is 0 Å². The number of hydrogen-bond acceptors (Lipinski definition) is 2. The van der Waals surface area contributed by atoms with Crippen molar-refractivity contribution in [3.63, 3.8) is 0 Å². The van der Waals surface area contributed by atoms with Crippen LogP contribution in [0.1, 0.15) is 47.2 Å². The molecular weight excluding hydrogens is 356 g/mol. The first-order chi connectivity index (χ1) is 13.7.